The smallest absolute Gasteiger partial charge is 0.225 e. The zero-order valence-electron chi connectivity index (χ0n) is 15.5. The normalized spacial score (nSPS) is 15.7. The van der Waals surface area contributed by atoms with Gasteiger partial charge in [0.25, 0.3) is 0 Å². The van der Waals surface area contributed by atoms with Crippen LogP contribution >= 0.6 is 0 Å². The van der Waals surface area contributed by atoms with Gasteiger partial charge in [-0.2, -0.15) is 4.31 Å². The summed E-state index contributed by atoms with van der Waals surface area (Å²) in [5.74, 6) is -0.123. The van der Waals surface area contributed by atoms with Crippen molar-refractivity contribution in [2.75, 3.05) is 18.1 Å². The average Bonchev–Trinajstić information content (AvgIpc) is 3.08. The van der Waals surface area contributed by atoms with E-state index in [2.05, 4.69) is 19.2 Å². The standard InChI is InChI=1S/C19H30N2O3S/c1-4-15-9-8-10-16(5-2)19(15)20-18(22)13-14-21(25(3,23)24)17-11-6-7-12-17/h8-10,17H,4-7,11-14H2,1-3H3,(H,20,22). The molecule has 0 saturated heterocycles. The van der Waals surface area contributed by atoms with Crippen LogP contribution < -0.4 is 5.32 Å². The lowest BCUT2D eigenvalue weighted by atomic mass is 10.0. The highest BCUT2D eigenvalue weighted by Gasteiger charge is 2.29. The van der Waals surface area contributed by atoms with Crippen LogP contribution in [0.5, 0.6) is 0 Å². The SMILES string of the molecule is CCc1cccc(CC)c1NC(=O)CCN(C1CCCC1)S(C)(=O)=O. The van der Waals surface area contributed by atoms with Gasteiger partial charge in [-0.1, -0.05) is 44.9 Å². The summed E-state index contributed by atoms with van der Waals surface area (Å²) in [7, 11) is -3.29. The van der Waals surface area contributed by atoms with E-state index in [-0.39, 0.29) is 24.9 Å². The number of para-hydroxylation sites is 1. The topological polar surface area (TPSA) is 66.5 Å². The molecule has 0 spiro atoms. The number of benzene rings is 1. The first kappa shape index (κ1) is 19.9. The molecule has 2 rings (SSSR count). The molecule has 0 atom stereocenters. The van der Waals surface area contributed by atoms with Crippen LogP contribution in [0.25, 0.3) is 0 Å². The average molecular weight is 367 g/mol. The lowest BCUT2D eigenvalue weighted by Gasteiger charge is -2.26. The lowest BCUT2D eigenvalue weighted by Crippen LogP contribution is -2.40. The van der Waals surface area contributed by atoms with Crippen LogP contribution in [-0.2, 0) is 27.7 Å². The summed E-state index contributed by atoms with van der Waals surface area (Å²) in [5.41, 5.74) is 3.12. The molecule has 0 heterocycles. The number of nitrogens with one attached hydrogen (secondary N) is 1. The Kier molecular flexibility index (Phi) is 7.02. The molecule has 5 nitrogen and oxygen atoms in total. The van der Waals surface area contributed by atoms with E-state index in [1.165, 1.54) is 10.6 Å². The zero-order valence-corrected chi connectivity index (χ0v) is 16.4. The zero-order chi connectivity index (χ0) is 18.4. The van der Waals surface area contributed by atoms with Gasteiger partial charge in [-0.15, -0.1) is 0 Å². The van der Waals surface area contributed by atoms with Crippen molar-refractivity contribution in [3.63, 3.8) is 0 Å². The highest BCUT2D eigenvalue weighted by Crippen LogP contribution is 2.26. The minimum absolute atomic E-state index is 0.0527. The van der Waals surface area contributed by atoms with Gasteiger partial charge in [-0.05, 0) is 36.8 Å². The maximum atomic E-state index is 12.5. The van der Waals surface area contributed by atoms with E-state index < -0.39 is 10.0 Å². The second-order valence-corrected chi connectivity index (χ2v) is 8.70. The van der Waals surface area contributed by atoms with Crippen molar-refractivity contribution < 1.29 is 13.2 Å². The van der Waals surface area contributed by atoms with E-state index >= 15 is 0 Å². The van der Waals surface area contributed by atoms with Crippen molar-refractivity contribution in [1.29, 1.82) is 0 Å². The Morgan fingerprint density at radius 3 is 2.20 bits per heavy atom. The molecule has 0 aliphatic heterocycles. The minimum Gasteiger partial charge on any atom is -0.326 e. The van der Waals surface area contributed by atoms with Gasteiger partial charge in [0.2, 0.25) is 15.9 Å². The molecule has 1 aliphatic carbocycles. The Labute approximate surface area is 151 Å². The number of anilines is 1. The monoisotopic (exact) mass is 366 g/mol. The van der Waals surface area contributed by atoms with Crippen LogP contribution in [0, 0.1) is 0 Å². The minimum atomic E-state index is -3.29. The van der Waals surface area contributed by atoms with E-state index in [0.29, 0.717) is 0 Å². The summed E-state index contributed by atoms with van der Waals surface area (Å²) in [6, 6.07) is 6.11. The van der Waals surface area contributed by atoms with Crippen molar-refractivity contribution in [3.8, 4) is 0 Å². The lowest BCUT2D eigenvalue weighted by molar-refractivity contribution is -0.116. The van der Waals surface area contributed by atoms with E-state index in [4.69, 9.17) is 0 Å². The molecule has 1 aliphatic rings. The number of sulfonamides is 1. The second-order valence-electron chi connectivity index (χ2n) is 6.77. The van der Waals surface area contributed by atoms with Gasteiger partial charge in [0.15, 0.2) is 0 Å². The van der Waals surface area contributed by atoms with Crippen LogP contribution in [0.3, 0.4) is 0 Å². The quantitative estimate of drug-likeness (QED) is 0.767. The third-order valence-corrected chi connectivity index (χ3v) is 6.31. The number of nitrogens with zero attached hydrogens (tertiary/aromatic N) is 1. The molecule has 1 saturated carbocycles. The molecular weight excluding hydrogens is 336 g/mol. The number of hydrogen-bond donors (Lipinski definition) is 1. The van der Waals surface area contributed by atoms with Crippen molar-refractivity contribution in [2.45, 2.75) is 64.8 Å². The highest BCUT2D eigenvalue weighted by molar-refractivity contribution is 7.88. The molecule has 1 aromatic rings. The predicted molar refractivity (Wildman–Crippen MR) is 102 cm³/mol. The Hall–Kier alpha value is -1.40. The first-order valence-corrected chi connectivity index (χ1v) is 11.1. The van der Waals surface area contributed by atoms with Crippen LogP contribution in [0.15, 0.2) is 18.2 Å². The van der Waals surface area contributed by atoms with Crippen molar-refractivity contribution in [3.05, 3.63) is 29.3 Å². The molecule has 1 fully saturated rings. The van der Waals surface area contributed by atoms with Crippen LogP contribution in [0.4, 0.5) is 5.69 Å². The molecule has 0 unspecified atom stereocenters. The van der Waals surface area contributed by atoms with E-state index in [9.17, 15) is 13.2 Å². The third-order valence-electron chi connectivity index (χ3n) is 4.98. The highest BCUT2D eigenvalue weighted by atomic mass is 32.2. The predicted octanol–water partition coefficient (Wildman–Crippen LogP) is 3.34. The molecular formula is C19H30N2O3S. The number of aryl methyl sites for hydroxylation is 2. The number of rotatable bonds is 8. The molecule has 1 aromatic carbocycles. The van der Waals surface area contributed by atoms with Gasteiger partial charge in [0, 0.05) is 24.7 Å². The summed E-state index contributed by atoms with van der Waals surface area (Å²) in [5, 5.41) is 3.02. The Morgan fingerprint density at radius 1 is 1.16 bits per heavy atom. The number of carbonyl (C=O) groups excluding carboxylic acids is 1. The van der Waals surface area contributed by atoms with Crippen molar-refractivity contribution in [2.24, 2.45) is 0 Å². The molecule has 6 heteroatoms. The molecule has 0 bridgehead atoms. The van der Waals surface area contributed by atoms with Gasteiger partial charge < -0.3 is 5.32 Å². The summed E-state index contributed by atoms with van der Waals surface area (Å²) in [4.78, 5) is 12.5. The van der Waals surface area contributed by atoms with Gasteiger partial charge in [-0.25, -0.2) is 8.42 Å². The Morgan fingerprint density at radius 2 is 1.72 bits per heavy atom. The Balaban J connectivity index is 2.05. The van der Waals surface area contributed by atoms with Gasteiger partial charge >= 0.3 is 0 Å². The molecule has 1 amide bonds. The maximum absolute atomic E-state index is 12.5. The molecule has 1 N–H and O–H groups in total. The van der Waals surface area contributed by atoms with Gasteiger partial charge in [0.05, 0.1) is 6.26 Å². The largest absolute Gasteiger partial charge is 0.326 e. The van der Waals surface area contributed by atoms with Crippen LogP contribution in [0.1, 0.15) is 57.1 Å². The number of carbonyl (C=O) groups is 1. The fourth-order valence-electron chi connectivity index (χ4n) is 3.63. The van der Waals surface area contributed by atoms with Gasteiger partial charge in [-0.3, -0.25) is 4.79 Å². The van der Waals surface area contributed by atoms with E-state index in [1.54, 1.807) is 0 Å². The summed E-state index contributed by atoms with van der Waals surface area (Å²) in [6.45, 7) is 4.39. The second kappa shape index (κ2) is 8.81. The maximum Gasteiger partial charge on any atom is 0.225 e. The number of amides is 1. The fraction of sp³-hybridized carbons (Fsp3) is 0.632. The van der Waals surface area contributed by atoms with Crippen molar-refractivity contribution in [1.82, 2.24) is 4.31 Å². The molecule has 0 aromatic heterocycles. The van der Waals surface area contributed by atoms with Crippen LogP contribution in [0.2, 0.25) is 0 Å². The fourth-order valence-corrected chi connectivity index (χ4v) is 4.80. The summed E-state index contributed by atoms with van der Waals surface area (Å²) >= 11 is 0. The third kappa shape index (κ3) is 5.28. The first-order chi connectivity index (χ1) is 11.9. The summed E-state index contributed by atoms with van der Waals surface area (Å²) in [6.07, 6.45) is 7.04. The Bertz CT molecular complexity index is 672. The van der Waals surface area contributed by atoms with E-state index in [0.717, 1.165) is 55.3 Å². The molecule has 0 radical (unpaired) electrons. The first-order valence-electron chi connectivity index (χ1n) is 9.24. The molecule has 140 valence electrons. The van der Waals surface area contributed by atoms with E-state index in [1.807, 2.05) is 18.2 Å². The molecule has 25 heavy (non-hydrogen) atoms. The summed E-state index contributed by atoms with van der Waals surface area (Å²) < 4.78 is 25.7. The van der Waals surface area contributed by atoms with Crippen molar-refractivity contribution >= 4 is 21.6 Å². The number of hydrogen-bond acceptors (Lipinski definition) is 3. The van der Waals surface area contributed by atoms with Crippen LogP contribution in [-0.4, -0.2) is 37.5 Å². The van der Waals surface area contributed by atoms with Gasteiger partial charge in [0.1, 0.15) is 0 Å².